The molecule has 1 fully saturated rings. The number of rotatable bonds is 6. The number of likely N-dealkylation sites (N-methyl/N-ethyl adjacent to an activating group) is 1. The first-order chi connectivity index (χ1) is 13.1. The van der Waals surface area contributed by atoms with Crippen molar-refractivity contribution in [2.75, 3.05) is 13.7 Å². The Bertz CT molecular complexity index is 843. The van der Waals surface area contributed by atoms with E-state index in [4.69, 9.17) is 4.74 Å². The molecule has 0 aliphatic heterocycles. The van der Waals surface area contributed by atoms with E-state index in [0.29, 0.717) is 17.2 Å². The number of ether oxygens (including phenoxy) is 1. The fraction of sp³-hybridized carbons (Fsp3) is 0.409. The van der Waals surface area contributed by atoms with Crippen molar-refractivity contribution in [3.8, 4) is 5.75 Å². The van der Waals surface area contributed by atoms with Gasteiger partial charge in [-0.05, 0) is 67.3 Å². The van der Waals surface area contributed by atoms with Crippen LogP contribution in [0.2, 0.25) is 0 Å². The summed E-state index contributed by atoms with van der Waals surface area (Å²) in [4.78, 5) is 29.9. The predicted molar refractivity (Wildman–Crippen MR) is 102 cm³/mol. The first-order valence-electron chi connectivity index (χ1n) is 9.57. The summed E-state index contributed by atoms with van der Waals surface area (Å²) in [5.41, 5.74) is 3.59. The summed E-state index contributed by atoms with van der Waals surface area (Å²) in [6.07, 6.45) is 7.58. The van der Waals surface area contributed by atoms with Crippen molar-refractivity contribution in [3.05, 3.63) is 58.9 Å². The van der Waals surface area contributed by atoms with Gasteiger partial charge in [0.1, 0.15) is 17.7 Å². The average molecular weight is 364 g/mol. The van der Waals surface area contributed by atoms with Gasteiger partial charge in [0.2, 0.25) is 0 Å². The molecule has 1 unspecified atom stereocenters. The Morgan fingerprint density at radius 2 is 2.07 bits per heavy atom. The Labute approximate surface area is 159 Å². The lowest BCUT2D eigenvalue weighted by Crippen LogP contribution is -2.41. The van der Waals surface area contributed by atoms with Crippen LogP contribution in [-0.4, -0.2) is 41.8 Å². The molecule has 5 heteroatoms. The van der Waals surface area contributed by atoms with Gasteiger partial charge in [0.25, 0.3) is 5.91 Å². The number of benzene rings is 1. The number of pyridine rings is 1. The van der Waals surface area contributed by atoms with Gasteiger partial charge in [-0.3, -0.25) is 9.59 Å². The summed E-state index contributed by atoms with van der Waals surface area (Å²) in [7, 11) is 1.84. The number of fused-ring (bicyclic) bond motifs is 1. The van der Waals surface area contributed by atoms with Gasteiger partial charge in [-0.15, -0.1) is 0 Å². The van der Waals surface area contributed by atoms with Crippen molar-refractivity contribution < 1.29 is 14.3 Å². The third-order valence-electron chi connectivity index (χ3n) is 5.57. The van der Waals surface area contributed by atoms with Crippen LogP contribution in [-0.2, 0) is 12.8 Å². The summed E-state index contributed by atoms with van der Waals surface area (Å²) in [5, 5.41) is 0. The highest BCUT2D eigenvalue weighted by atomic mass is 16.5. The molecule has 1 heterocycles. The topological polar surface area (TPSA) is 59.5 Å². The van der Waals surface area contributed by atoms with Crippen molar-refractivity contribution in [1.82, 2.24) is 9.88 Å². The molecule has 0 saturated heterocycles. The van der Waals surface area contributed by atoms with Crippen LogP contribution in [0.1, 0.15) is 51.2 Å². The van der Waals surface area contributed by atoms with Crippen molar-refractivity contribution in [2.24, 2.45) is 5.92 Å². The molecule has 0 radical (unpaired) electrons. The number of amides is 1. The van der Waals surface area contributed by atoms with E-state index in [2.05, 4.69) is 4.98 Å². The molecule has 1 amide bonds. The van der Waals surface area contributed by atoms with Crippen LogP contribution < -0.4 is 4.74 Å². The Balaban J connectivity index is 1.40. The molecular formula is C22H24N2O3. The van der Waals surface area contributed by atoms with Crippen molar-refractivity contribution >= 4 is 12.2 Å². The largest absolute Gasteiger partial charge is 0.492 e. The molecule has 1 saturated carbocycles. The molecule has 4 rings (SSSR count). The summed E-state index contributed by atoms with van der Waals surface area (Å²) >= 11 is 0. The monoisotopic (exact) mass is 364 g/mol. The predicted octanol–water partition coefficient (Wildman–Crippen LogP) is 3.31. The quantitative estimate of drug-likeness (QED) is 0.738. The molecule has 2 aliphatic rings. The maximum atomic E-state index is 12.8. The average Bonchev–Trinajstić information content (AvgIpc) is 3.55. The van der Waals surface area contributed by atoms with Crippen LogP contribution in [0, 0.1) is 5.92 Å². The number of aryl methyl sites for hydroxylation is 1. The molecule has 5 nitrogen and oxygen atoms in total. The van der Waals surface area contributed by atoms with Crippen molar-refractivity contribution in [3.63, 3.8) is 0 Å². The third-order valence-corrected chi connectivity index (χ3v) is 5.57. The van der Waals surface area contributed by atoms with Crippen LogP contribution in [0.5, 0.6) is 5.75 Å². The number of hydrogen-bond donors (Lipinski definition) is 0. The van der Waals surface area contributed by atoms with E-state index < -0.39 is 0 Å². The second-order valence-corrected chi connectivity index (χ2v) is 7.59. The van der Waals surface area contributed by atoms with Gasteiger partial charge in [-0.1, -0.05) is 12.1 Å². The smallest absolute Gasteiger partial charge is 0.272 e. The van der Waals surface area contributed by atoms with Crippen LogP contribution in [0.25, 0.3) is 0 Å². The fourth-order valence-electron chi connectivity index (χ4n) is 3.60. The molecule has 140 valence electrons. The van der Waals surface area contributed by atoms with Gasteiger partial charge < -0.3 is 9.64 Å². The van der Waals surface area contributed by atoms with E-state index in [1.54, 1.807) is 17.2 Å². The standard InChI is InChI=1S/C22H24N2O3/c1-24(19-7-6-17-10-16(13-25)4-5-18(17)11-19)22(26)21-9-8-20(12-23-21)27-14-15-2-3-15/h4-5,8-10,12-13,15,19H,2-3,6-7,11,14H2,1H3. The SMILES string of the molecule is CN(C(=O)c1ccc(OCC2CC2)cn1)C1CCc2cc(C=O)ccc2C1. The molecule has 0 bridgehead atoms. The molecule has 0 spiro atoms. The van der Waals surface area contributed by atoms with Crippen LogP contribution >= 0.6 is 0 Å². The second-order valence-electron chi connectivity index (χ2n) is 7.59. The Morgan fingerprint density at radius 3 is 2.78 bits per heavy atom. The molecule has 1 aromatic carbocycles. The van der Waals surface area contributed by atoms with E-state index >= 15 is 0 Å². The number of carbonyl (C=O) groups excluding carboxylic acids is 2. The number of carbonyl (C=O) groups is 2. The lowest BCUT2D eigenvalue weighted by Gasteiger charge is -2.32. The van der Waals surface area contributed by atoms with Gasteiger partial charge in [-0.2, -0.15) is 0 Å². The van der Waals surface area contributed by atoms with Crippen molar-refractivity contribution in [1.29, 1.82) is 0 Å². The van der Waals surface area contributed by atoms with Crippen molar-refractivity contribution in [2.45, 2.75) is 38.1 Å². The number of hydrogen-bond acceptors (Lipinski definition) is 4. The molecule has 1 atom stereocenters. The molecule has 2 aliphatic carbocycles. The van der Waals surface area contributed by atoms with E-state index in [9.17, 15) is 9.59 Å². The van der Waals surface area contributed by atoms with Gasteiger partial charge in [0.05, 0.1) is 12.8 Å². The molecule has 1 aromatic heterocycles. The maximum Gasteiger partial charge on any atom is 0.272 e. The minimum atomic E-state index is -0.0679. The van der Waals surface area contributed by atoms with E-state index in [0.717, 1.165) is 37.9 Å². The zero-order chi connectivity index (χ0) is 18.8. The lowest BCUT2D eigenvalue weighted by atomic mass is 9.86. The van der Waals surface area contributed by atoms with Gasteiger partial charge in [-0.25, -0.2) is 4.98 Å². The first-order valence-corrected chi connectivity index (χ1v) is 9.57. The van der Waals surface area contributed by atoms with Gasteiger partial charge >= 0.3 is 0 Å². The summed E-state index contributed by atoms with van der Waals surface area (Å²) in [5.74, 6) is 1.34. The van der Waals surface area contributed by atoms with Gasteiger partial charge in [0, 0.05) is 18.7 Å². The highest BCUT2D eigenvalue weighted by molar-refractivity contribution is 5.92. The zero-order valence-corrected chi connectivity index (χ0v) is 15.6. The van der Waals surface area contributed by atoms with Crippen LogP contribution in [0.4, 0.5) is 0 Å². The lowest BCUT2D eigenvalue weighted by molar-refractivity contribution is 0.0712. The number of aldehydes is 1. The normalized spacial score (nSPS) is 18.5. The molecule has 0 N–H and O–H groups in total. The molecule has 2 aromatic rings. The maximum absolute atomic E-state index is 12.8. The fourth-order valence-corrected chi connectivity index (χ4v) is 3.60. The Kier molecular flexibility index (Phi) is 4.92. The Morgan fingerprint density at radius 1 is 1.22 bits per heavy atom. The molecular weight excluding hydrogens is 340 g/mol. The van der Waals surface area contributed by atoms with Crippen LogP contribution in [0.3, 0.4) is 0 Å². The first kappa shape index (κ1) is 17.7. The highest BCUT2D eigenvalue weighted by Gasteiger charge is 2.27. The summed E-state index contributed by atoms with van der Waals surface area (Å²) < 4.78 is 5.69. The zero-order valence-electron chi connectivity index (χ0n) is 15.6. The van der Waals surface area contributed by atoms with E-state index in [-0.39, 0.29) is 11.9 Å². The van der Waals surface area contributed by atoms with E-state index in [1.807, 2.05) is 31.3 Å². The highest BCUT2D eigenvalue weighted by Crippen LogP contribution is 2.29. The second kappa shape index (κ2) is 7.51. The van der Waals surface area contributed by atoms with E-state index in [1.165, 1.54) is 24.0 Å². The third kappa shape index (κ3) is 4.02. The summed E-state index contributed by atoms with van der Waals surface area (Å²) in [6, 6.07) is 9.52. The number of nitrogens with zero attached hydrogens (tertiary/aromatic N) is 2. The Hall–Kier alpha value is -2.69. The molecule has 27 heavy (non-hydrogen) atoms. The van der Waals surface area contributed by atoms with Crippen LogP contribution in [0.15, 0.2) is 36.5 Å². The summed E-state index contributed by atoms with van der Waals surface area (Å²) in [6.45, 7) is 0.738. The minimum absolute atomic E-state index is 0.0679. The van der Waals surface area contributed by atoms with Gasteiger partial charge in [0.15, 0.2) is 0 Å². The minimum Gasteiger partial charge on any atom is -0.492 e. The number of aromatic nitrogens is 1.